The Morgan fingerprint density at radius 1 is 1.08 bits per heavy atom. The van der Waals surface area contributed by atoms with Crippen LogP contribution < -0.4 is 4.74 Å². The number of sulfone groups is 1. The molecule has 0 fully saturated rings. The molecule has 0 aliphatic carbocycles. The van der Waals surface area contributed by atoms with E-state index < -0.39 is 14.7 Å². The van der Waals surface area contributed by atoms with E-state index in [1.165, 1.54) is 30.3 Å². The molecule has 0 bridgehead atoms. The van der Waals surface area contributed by atoms with Gasteiger partial charge in [-0.1, -0.05) is 48.3 Å². The van der Waals surface area contributed by atoms with E-state index in [0.29, 0.717) is 39.2 Å². The van der Waals surface area contributed by atoms with E-state index >= 15 is 0 Å². The molecule has 0 amide bonds. The predicted octanol–water partition coefficient (Wildman–Crippen LogP) is 6.97. The summed E-state index contributed by atoms with van der Waals surface area (Å²) >= 11 is 12.4. The molecule has 1 heterocycles. The molecule has 3 aromatic carbocycles. The lowest BCUT2D eigenvalue weighted by atomic mass is 10.1. The number of halogens is 2. The van der Waals surface area contributed by atoms with Gasteiger partial charge in [0, 0.05) is 22.3 Å². The maximum atomic E-state index is 13.2. The van der Waals surface area contributed by atoms with E-state index in [1.54, 1.807) is 29.1 Å². The highest BCUT2D eigenvalue weighted by molar-refractivity contribution is 7.95. The maximum Gasteiger partial charge on any atom is 0.216 e. The third-order valence-electron chi connectivity index (χ3n) is 5.24. The van der Waals surface area contributed by atoms with Crippen LogP contribution >= 0.6 is 23.2 Å². The minimum absolute atomic E-state index is 0.0304. The number of aromatic nitrogens is 2. The molecule has 0 saturated carbocycles. The zero-order valence-electron chi connectivity index (χ0n) is 19.2. The molecule has 0 atom stereocenters. The highest BCUT2D eigenvalue weighted by Gasteiger charge is 2.23. The summed E-state index contributed by atoms with van der Waals surface area (Å²) in [5, 5.41) is 15.3. The number of para-hydroxylation sites is 1. The van der Waals surface area contributed by atoms with Crippen molar-refractivity contribution in [3.8, 4) is 28.8 Å². The van der Waals surface area contributed by atoms with Gasteiger partial charge in [0.1, 0.15) is 22.4 Å². The minimum atomic E-state index is -4.09. The van der Waals surface area contributed by atoms with Crippen LogP contribution in [0.15, 0.2) is 88.8 Å². The summed E-state index contributed by atoms with van der Waals surface area (Å²) in [6, 6.07) is 22.1. The molecular formula is C27H21Cl2N3O3S. The summed E-state index contributed by atoms with van der Waals surface area (Å²) < 4.78 is 33.7. The molecule has 182 valence electrons. The van der Waals surface area contributed by atoms with Gasteiger partial charge in [0.15, 0.2) is 0 Å². The molecule has 9 heteroatoms. The first kappa shape index (κ1) is 25.5. The number of hydrogen-bond donors (Lipinski definition) is 0. The molecule has 6 nitrogen and oxygen atoms in total. The van der Waals surface area contributed by atoms with Crippen molar-refractivity contribution in [2.45, 2.75) is 18.2 Å². The van der Waals surface area contributed by atoms with E-state index in [4.69, 9.17) is 27.9 Å². The first-order chi connectivity index (χ1) is 17.3. The van der Waals surface area contributed by atoms with Gasteiger partial charge in [0.2, 0.25) is 9.84 Å². The summed E-state index contributed by atoms with van der Waals surface area (Å²) in [7, 11) is -4.09. The van der Waals surface area contributed by atoms with Gasteiger partial charge in [-0.2, -0.15) is 10.4 Å². The predicted molar refractivity (Wildman–Crippen MR) is 142 cm³/mol. The number of nitrogens with zero attached hydrogens (tertiary/aromatic N) is 3. The van der Waals surface area contributed by atoms with Crippen LogP contribution in [0.5, 0.6) is 5.75 Å². The Morgan fingerprint density at radius 3 is 2.44 bits per heavy atom. The van der Waals surface area contributed by atoms with Crippen molar-refractivity contribution in [1.82, 2.24) is 9.78 Å². The molecule has 4 rings (SSSR count). The van der Waals surface area contributed by atoms with Crippen molar-refractivity contribution < 1.29 is 13.2 Å². The van der Waals surface area contributed by atoms with Crippen LogP contribution in [0.4, 0.5) is 0 Å². The second-order valence-corrected chi connectivity index (χ2v) is 10.5. The van der Waals surface area contributed by atoms with Crippen LogP contribution in [-0.4, -0.2) is 24.8 Å². The zero-order valence-corrected chi connectivity index (χ0v) is 21.6. The number of allylic oxidation sites excluding steroid dienone is 1. The molecule has 36 heavy (non-hydrogen) atoms. The molecular weight excluding hydrogens is 517 g/mol. The van der Waals surface area contributed by atoms with Gasteiger partial charge in [-0.05, 0) is 67.1 Å². The number of benzene rings is 3. The van der Waals surface area contributed by atoms with Crippen molar-refractivity contribution in [3.63, 3.8) is 0 Å². The van der Waals surface area contributed by atoms with E-state index in [1.807, 2.05) is 43.3 Å². The number of nitriles is 1. The largest absolute Gasteiger partial charge is 0.492 e. The fraction of sp³-hybridized carbons (Fsp3) is 0.111. The van der Waals surface area contributed by atoms with Gasteiger partial charge < -0.3 is 4.74 Å². The third kappa shape index (κ3) is 5.47. The molecule has 0 radical (unpaired) electrons. The lowest BCUT2D eigenvalue weighted by Crippen LogP contribution is -2.03. The normalized spacial score (nSPS) is 11.8. The lowest BCUT2D eigenvalue weighted by Gasteiger charge is -2.08. The Kier molecular flexibility index (Phi) is 7.80. The molecule has 4 aromatic rings. The Balaban J connectivity index is 1.85. The molecule has 1 aromatic heterocycles. The summed E-state index contributed by atoms with van der Waals surface area (Å²) in [4.78, 5) is -0.454. The van der Waals surface area contributed by atoms with E-state index in [-0.39, 0.29) is 4.90 Å². The maximum absolute atomic E-state index is 13.2. The first-order valence-electron chi connectivity index (χ1n) is 11.0. The van der Waals surface area contributed by atoms with Gasteiger partial charge in [-0.3, -0.25) is 0 Å². The van der Waals surface area contributed by atoms with Crippen LogP contribution in [0.2, 0.25) is 10.0 Å². The number of hydrogen-bond acceptors (Lipinski definition) is 5. The molecule has 0 N–H and O–H groups in total. The summed E-state index contributed by atoms with van der Waals surface area (Å²) in [5.41, 5.74) is 2.31. The van der Waals surface area contributed by atoms with Crippen LogP contribution in [0.1, 0.15) is 18.9 Å². The summed E-state index contributed by atoms with van der Waals surface area (Å²) in [5.74, 6) is 0.546. The summed E-state index contributed by atoms with van der Waals surface area (Å²) in [6.45, 7) is 2.53. The molecule has 0 unspecified atom stereocenters. The standard InChI is InChI=1S/C27H21Cl2N3O3S/c1-2-14-35-26-13-8-19(16-25(26)29)27-20(18-32(31-27)22-6-4-3-5-7-22)15-24(17-30)36(33,34)23-11-9-21(28)10-12-23/h3-13,15-16,18H,2,14H2,1H3/b24-15-. The Bertz CT molecular complexity index is 1560. The zero-order chi connectivity index (χ0) is 25.7. The van der Waals surface area contributed by atoms with Gasteiger partial charge in [-0.25, -0.2) is 13.1 Å². The lowest BCUT2D eigenvalue weighted by molar-refractivity contribution is 0.317. The first-order valence-corrected chi connectivity index (χ1v) is 13.3. The van der Waals surface area contributed by atoms with Crippen molar-refractivity contribution in [1.29, 1.82) is 5.26 Å². The molecule has 0 spiro atoms. The third-order valence-corrected chi connectivity index (χ3v) is 7.47. The fourth-order valence-electron chi connectivity index (χ4n) is 3.46. The van der Waals surface area contributed by atoms with Gasteiger partial charge in [0.25, 0.3) is 0 Å². The van der Waals surface area contributed by atoms with Crippen LogP contribution in [0.25, 0.3) is 23.0 Å². The van der Waals surface area contributed by atoms with Gasteiger partial charge >= 0.3 is 0 Å². The topological polar surface area (TPSA) is 85.0 Å². The van der Waals surface area contributed by atoms with Gasteiger partial charge in [-0.15, -0.1) is 0 Å². The van der Waals surface area contributed by atoms with Crippen molar-refractivity contribution in [3.05, 3.63) is 99.5 Å². The average molecular weight is 538 g/mol. The van der Waals surface area contributed by atoms with Crippen LogP contribution in [0, 0.1) is 11.3 Å². The molecule has 0 aliphatic heterocycles. The Labute approximate surface area is 219 Å². The highest BCUT2D eigenvalue weighted by Crippen LogP contribution is 2.33. The Hall–Kier alpha value is -3.57. The van der Waals surface area contributed by atoms with Crippen molar-refractivity contribution in [2.24, 2.45) is 0 Å². The average Bonchev–Trinajstić information content (AvgIpc) is 3.31. The van der Waals surface area contributed by atoms with Crippen LogP contribution in [-0.2, 0) is 9.84 Å². The van der Waals surface area contributed by atoms with E-state index in [2.05, 4.69) is 5.10 Å². The number of rotatable bonds is 8. The molecule has 0 aliphatic rings. The summed E-state index contributed by atoms with van der Waals surface area (Å²) in [6.07, 6.45) is 3.84. The van der Waals surface area contributed by atoms with Gasteiger partial charge in [0.05, 0.1) is 22.2 Å². The van der Waals surface area contributed by atoms with E-state index in [0.717, 1.165) is 12.1 Å². The molecule has 0 saturated heterocycles. The van der Waals surface area contributed by atoms with E-state index in [9.17, 15) is 13.7 Å². The number of ether oxygens (including phenoxy) is 1. The quantitative estimate of drug-likeness (QED) is 0.226. The monoisotopic (exact) mass is 537 g/mol. The highest BCUT2D eigenvalue weighted by atomic mass is 35.5. The Morgan fingerprint density at radius 2 is 1.81 bits per heavy atom. The SMILES string of the molecule is CCCOc1ccc(-c2nn(-c3ccccc3)cc2/C=C(/C#N)S(=O)(=O)c2ccc(Cl)cc2)cc1Cl. The smallest absolute Gasteiger partial charge is 0.216 e. The van der Waals surface area contributed by atoms with Crippen molar-refractivity contribution in [2.75, 3.05) is 6.61 Å². The van der Waals surface area contributed by atoms with Crippen LogP contribution in [0.3, 0.4) is 0 Å². The minimum Gasteiger partial charge on any atom is -0.492 e. The fourth-order valence-corrected chi connectivity index (χ4v) is 4.97. The second-order valence-electron chi connectivity index (χ2n) is 7.78. The van der Waals surface area contributed by atoms with Crippen molar-refractivity contribution >= 4 is 39.1 Å². The second kappa shape index (κ2) is 11.0.